The van der Waals surface area contributed by atoms with Crippen LogP contribution >= 0.6 is 39.1 Å². The van der Waals surface area contributed by atoms with Crippen molar-refractivity contribution in [2.24, 2.45) is 5.10 Å². The molecule has 134 valence electrons. The maximum atomic E-state index is 13.0. The van der Waals surface area contributed by atoms with E-state index in [0.29, 0.717) is 32.3 Å². The van der Waals surface area contributed by atoms with Gasteiger partial charge >= 0.3 is 0 Å². The van der Waals surface area contributed by atoms with E-state index in [1.54, 1.807) is 30.5 Å². The zero-order chi connectivity index (χ0) is 19.1. The van der Waals surface area contributed by atoms with Crippen LogP contribution in [-0.4, -0.2) is 15.9 Å². The Morgan fingerprint density at radius 1 is 1.15 bits per heavy atom. The van der Waals surface area contributed by atoms with Gasteiger partial charge in [0.25, 0.3) is 5.56 Å². The van der Waals surface area contributed by atoms with Gasteiger partial charge in [-0.15, -0.1) is 0 Å². The van der Waals surface area contributed by atoms with E-state index in [0.717, 1.165) is 4.47 Å². The molecular weight excluding hydrogens is 437 g/mol. The number of hydrogen-bond acceptors (Lipinski definition) is 3. The second-order valence-corrected chi connectivity index (χ2v) is 8.63. The smallest absolute Gasteiger partial charge is 0.267 e. The molecule has 0 N–H and O–H groups in total. The molecule has 0 amide bonds. The van der Waals surface area contributed by atoms with Gasteiger partial charge in [-0.05, 0) is 30.3 Å². The van der Waals surface area contributed by atoms with Crippen LogP contribution in [0.25, 0.3) is 10.9 Å². The van der Waals surface area contributed by atoms with E-state index >= 15 is 0 Å². The number of rotatable bonds is 2. The van der Waals surface area contributed by atoms with Gasteiger partial charge in [-0.25, -0.2) is 4.98 Å². The van der Waals surface area contributed by atoms with Crippen LogP contribution in [0.1, 0.15) is 32.2 Å². The molecular formula is C19H16BrCl2N3O. The van der Waals surface area contributed by atoms with E-state index in [1.165, 1.54) is 4.68 Å². The molecule has 0 unspecified atom stereocenters. The lowest BCUT2D eigenvalue weighted by Gasteiger charge is -2.20. The summed E-state index contributed by atoms with van der Waals surface area (Å²) in [7, 11) is 0. The summed E-state index contributed by atoms with van der Waals surface area (Å²) in [5.74, 6) is 0.568. The molecule has 2 aromatic carbocycles. The molecule has 26 heavy (non-hydrogen) atoms. The van der Waals surface area contributed by atoms with Gasteiger partial charge in [0, 0.05) is 20.5 Å². The molecule has 1 heterocycles. The third-order valence-electron chi connectivity index (χ3n) is 3.75. The highest BCUT2D eigenvalue weighted by Crippen LogP contribution is 2.23. The number of hydrogen-bond donors (Lipinski definition) is 0. The lowest BCUT2D eigenvalue weighted by Crippen LogP contribution is -2.29. The maximum Gasteiger partial charge on any atom is 0.282 e. The fourth-order valence-electron chi connectivity index (χ4n) is 2.47. The van der Waals surface area contributed by atoms with Crippen molar-refractivity contribution in [1.82, 2.24) is 9.66 Å². The van der Waals surface area contributed by atoms with E-state index < -0.39 is 0 Å². The minimum atomic E-state index is -0.373. The molecule has 0 atom stereocenters. The Morgan fingerprint density at radius 2 is 1.88 bits per heavy atom. The third-order valence-corrected chi connectivity index (χ3v) is 4.81. The van der Waals surface area contributed by atoms with Gasteiger partial charge in [-0.2, -0.15) is 9.78 Å². The number of fused-ring (bicyclic) bond motifs is 1. The van der Waals surface area contributed by atoms with Crippen LogP contribution in [0.15, 0.2) is 50.8 Å². The van der Waals surface area contributed by atoms with Crippen molar-refractivity contribution in [3.63, 3.8) is 0 Å². The van der Waals surface area contributed by atoms with Crippen molar-refractivity contribution >= 4 is 56.2 Å². The first-order valence-electron chi connectivity index (χ1n) is 7.89. The van der Waals surface area contributed by atoms with Crippen molar-refractivity contribution in [3.8, 4) is 0 Å². The summed E-state index contributed by atoms with van der Waals surface area (Å²) >= 11 is 15.5. The van der Waals surface area contributed by atoms with Gasteiger partial charge < -0.3 is 0 Å². The minimum absolute atomic E-state index is 0.234. The molecule has 4 nitrogen and oxygen atoms in total. The summed E-state index contributed by atoms with van der Waals surface area (Å²) in [5.41, 5.74) is 0.695. The Bertz CT molecular complexity index is 1080. The van der Waals surface area contributed by atoms with Crippen molar-refractivity contribution < 1.29 is 0 Å². The fraction of sp³-hybridized carbons (Fsp3) is 0.211. The number of nitrogens with zero attached hydrogens (tertiary/aromatic N) is 3. The van der Waals surface area contributed by atoms with Gasteiger partial charge in [0.05, 0.1) is 22.1 Å². The zero-order valence-electron chi connectivity index (χ0n) is 14.4. The van der Waals surface area contributed by atoms with Crippen LogP contribution in [0.4, 0.5) is 0 Å². The largest absolute Gasteiger partial charge is 0.282 e. The molecule has 0 bridgehead atoms. The standard InChI is InChI=1S/C19H16BrCl2N3O/c1-19(2,3)18-24-16-7-5-12(20)8-14(16)17(26)25(18)23-10-11-4-6-13(21)9-15(11)22/h4-10H,1-3H3. The lowest BCUT2D eigenvalue weighted by atomic mass is 9.95. The van der Waals surface area contributed by atoms with Gasteiger partial charge in [0.1, 0.15) is 5.82 Å². The van der Waals surface area contributed by atoms with Crippen molar-refractivity contribution in [2.75, 3.05) is 0 Å². The first-order valence-corrected chi connectivity index (χ1v) is 9.44. The predicted molar refractivity (Wildman–Crippen MR) is 112 cm³/mol. The summed E-state index contributed by atoms with van der Waals surface area (Å²) < 4.78 is 2.14. The second kappa shape index (κ2) is 7.14. The first-order chi connectivity index (χ1) is 12.2. The Balaban J connectivity index is 2.24. The molecule has 0 saturated carbocycles. The number of benzene rings is 2. The number of aromatic nitrogens is 2. The highest BCUT2D eigenvalue weighted by atomic mass is 79.9. The molecule has 0 aliphatic rings. The quantitative estimate of drug-likeness (QED) is 0.472. The van der Waals surface area contributed by atoms with Gasteiger partial charge in [0.15, 0.2) is 0 Å². The van der Waals surface area contributed by atoms with Crippen LogP contribution in [0, 0.1) is 0 Å². The Labute approximate surface area is 169 Å². The molecule has 0 saturated heterocycles. The molecule has 0 aliphatic heterocycles. The monoisotopic (exact) mass is 451 g/mol. The average molecular weight is 453 g/mol. The molecule has 0 spiro atoms. The van der Waals surface area contributed by atoms with E-state index in [9.17, 15) is 4.79 Å². The topological polar surface area (TPSA) is 47.2 Å². The lowest BCUT2D eigenvalue weighted by molar-refractivity contribution is 0.506. The zero-order valence-corrected chi connectivity index (χ0v) is 17.5. The molecule has 3 aromatic rings. The minimum Gasteiger partial charge on any atom is -0.267 e. The number of halogens is 3. The van der Waals surface area contributed by atoms with Crippen molar-refractivity contribution in [2.45, 2.75) is 26.2 Å². The molecule has 0 aliphatic carbocycles. The maximum absolute atomic E-state index is 13.0. The molecule has 0 fully saturated rings. The van der Waals surface area contributed by atoms with E-state index in [2.05, 4.69) is 26.0 Å². The van der Waals surface area contributed by atoms with Crippen LogP contribution in [-0.2, 0) is 5.41 Å². The van der Waals surface area contributed by atoms with Crippen LogP contribution < -0.4 is 5.56 Å². The molecule has 7 heteroatoms. The highest BCUT2D eigenvalue weighted by molar-refractivity contribution is 9.10. The van der Waals surface area contributed by atoms with Crippen molar-refractivity contribution in [3.05, 3.63) is 72.7 Å². The Morgan fingerprint density at radius 3 is 2.54 bits per heavy atom. The van der Waals surface area contributed by atoms with Gasteiger partial charge in [0.2, 0.25) is 0 Å². The van der Waals surface area contributed by atoms with E-state index in [-0.39, 0.29) is 11.0 Å². The van der Waals surface area contributed by atoms with Crippen LogP contribution in [0.2, 0.25) is 10.0 Å². The van der Waals surface area contributed by atoms with Crippen molar-refractivity contribution in [1.29, 1.82) is 0 Å². The summed E-state index contributed by atoms with van der Waals surface area (Å²) in [6.07, 6.45) is 1.54. The van der Waals surface area contributed by atoms with Gasteiger partial charge in [-0.1, -0.05) is 66.0 Å². The molecule has 3 rings (SSSR count). The summed E-state index contributed by atoms with van der Waals surface area (Å²) in [4.78, 5) is 17.7. The summed E-state index contributed by atoms with van der Waals surface area (Å²) in [5, 5.41) is 5.88. The molecule has 0 radical (unpaired) electrons. The van der Waals surface area contributed by atoms with Crippen LogP contribution in [0.3, 0.4) is 0 Å². The normalized spacial score (nSPS) is 12.2. The average Bonchev–Trinajstić information content (AvgIpc) is 2.55. The Kier molecular flexibility index (Phi) is 5.24. The van der Waals surface area contributed by atoms with Gasteiger partial charge in [-0.3, -0.25) is 4.79 Å². The summed E-state index contributed by atoms with van der Waals surface area (Å²) in [6, 6.07) is 10.5. The predicted octanol–water partition coefficient (Wildman–Crippen LogP) is 5.65. The Hall–Kier alpha value is -1.69. The van der Waals surface area contributed by atoms with E-state index in [1.807, 2.05) is 32.9 Å². The van der Waals surface area contributed by atoms with E-state index in [4.69, 9.17) is 23.2 Å². The SMILES string of the molecule is CC(C)(C)c1nc2ccc(Br)cc2c(=O)n1N=Cc1ccc(Cl)cc1Cl. The fourth-order valence-corrected chi connectivity index (χ4v) is 3.29. The summed E-state index contributed by atoms with van der Waals surface area (Å²) in [6.45, 7) is 5.96. The highest BCUT2D eigenvalue weighted by Gasteiger charge is 2.22. The second-order valence-electron chi connectivity index (χ2n) is 6.87. The third kappa shape index (κ3) is 3.85. The molecule has 1 aromatic heterocycles. The first kappa shape index (κ1) is 19.1. The van der Waals surface area contributed by atoms with Crippen LogP contribution in [0.5, 0.6) is 0 Å².